The van der Waals surface area contributed by atoms with Crippen molar-refractivity contribution in [3.05, 3.63) is 48.0 Å². The molecular formula is C21H28N2O. The molecule has 0 atom stereocenters. The Morgan fingerprint density at radius 1 is 0.958 bits per heavy atom. The summed E-state index contributed by atoms with van der Waals surface area (Å²) in [5, 5.41) is 2.59. The van der Waals surface area contributed by atoms with Crippen molar-refractivity contribution in [2.45, 2.75) is 33.7 Å². The Morgan fingerprint density at radius 3 is 2.29 bits per heavy atom. The highest BCUT2D eigenvalue weighted by atomic mass is 16.2. The number of fused-ring (bicyclic) bond motifs is 1. The third-order valence-corrected chi connectivity index (χ3v) is 4.63. The van der Waals surface area contributed by atoms with E-state index in [-0.39, 0.29) is 5.41 Å². The zero-order valence-electron chi connectivity index (χ0n) is 15.1. The number of amides is 1. The average Bonchev–Trinajstić information content (AvgIpc) is 2.54. The van der Waals surface area contributed by atoms with Gasteiger partial charge in [0.2, 0.25) is 5.91 Å². The summed E-state index contributed by atoms with van der Waals surface area (Å²) in [6, 6.07) is 15.2. The fourth-order valence-electron chi connectivity index (χ4n) is 3.32. The van der Waals surface area contributed by atoms with Crippen LogP contribution in [-0.2, 0) is 11.3 Å². The van der Waals surface area contributed by atoms with Gasteiger partial charge in [0.25, 0.3) is 0 Å². The normalized spacial score (nSPS) is 16.5. The summed E-state index contributed by atoms with van der Waals surface area (Å²) in [6.07, 6.45) is 0.637. The number of hydrogen-bond donors (Lipinski definition) is 0. The summed E-state index contributed by atoms with van der Waals surface area (Å²) in [5.41, 5.74) is 1.42. The van der Waals surface area contributed by atoms with E-state index in [0.29, 0.717) is 12.3 Å². The first-order valence-electron chi connectivity index (χ1n) is 8.88. The molecule has 128 valence electrons. The lowest BCUT2D eigenvalue weighted by atomic mass is 9.91. The van der Waals surface area contributed by atoms with E-state index in [0.717, 1.165) is 32.7 Å². The molecule has 1 amide bonds. The van der Waals surface area contributed by atoms with Crippen LogP contribution in [0.2, 0.25) is 0 Å². The van der Waals surface area contributed by atoms with Crippen molar-refractivity contribution < 1.29 is 4.79 Å². The van der Waals surface area contributed by atoms with Crippen molar-refractivity contribution >= 4 is 16.7 Å². The van der Waals surface area contributed by atoms with Crippen LogP contribution in [-0.4, -0.2) is 41.9 Å². The summed E-state index contributed by atoms with van der Waals surface area (Å²) in [5.74, 6) is 0.299. The van der Waals surface area contributed by atoms with Crippen LogP contribution in [0.25, 0.3) is 10.8 Å². The fraction of sp³-hybridized carbons (Fsp3) is 0.476. The molecule has 0 radical (unpaired) electrons. The number of benzene rings is 2. The summed E-state index contributed by atoms with van der Waals surface area (Å²) in [7, 11) is 0. The molecule has 0 unspecified atom stereocenters. The molecule has 3 nitrogen and oxygen atoms in total. The largest absolute Gasteiger partial charge is 0.340 e. The Labute approximate surface area is 145 Å². The molecule has 0 aliphatic carbocycles. The van der Waals surface area contributed by atoms with Crippen LogP contribution in [0.5, 0.6) is 0 Å². The van der Waals surface area contributed by atoms with Crippen LogP contribution < -0.4 is 0 Å². The topological polar surface area (TPSA) is 23.6 Å². The minimum Gasteiger partial charge on any atom is -0.340 e. The maximum Gasteiger partial charge on any atom is 0.223 e. The summed E-state index contributed by atoms with van der Waals surface area (Å²) >= 11 is 0. The van der Waals surface area contributed by atoms with E-state index in [1.54, 1.807) is 0 Å². The number of rotatable bonds is 3. The lowest BCUT2D eigenvalue weighted by Gasteiger charge is -2.36. The number of hydrogen-bond acceptors (Lipinski definition) is 2. The van der Waals surface area contributed by atoms with Crippen LogP contribution in [0.3, 0.4) is 0 Å². The van der Waals surface area contributed by atoms with Gasteiger partial charge in [-0.3, -0.25) is 9.69 Å². The van der Waals surface area contributed by atoms with Gasteiger partial charge < -0.3 is 4.90 Å². The van der Waals surface area contributed by atoms with Gasteiger partial charge >= 0.3 is 0 Å². The smallest absolute Gasteiger partial charge is 0.223 e. The van der Waals surface area contributed by atoms with Crippen LogP contribution in [0.4, 0.5) is 0 Å². The van der Waals surface area contributed by atoms with E-state index in [9.17, 15) is 4.79 Å². The molecule has 1 aliphatic rings. The highest BCUT2D eigenvalue weighted by molar-refractivity contribution is 5.83. The molecule has 3 rings (SSSR count). The first-order chi connectivity index (χ1) is 11.4. The van der Waals surface area contributed by atoms with Gasteiger partial charge in [0.1, 0.15) is 0 Å². The third-order valence-electron chi connectivity index (χ3n) is 4.63. The molecule has 3 heteroatoms. The second kappa shape index (κ2) is 6.94. The van der Waals surface area contributed by atoms with Gasteiger partial charge in [0, 0.05) is 39.1 Å². The Bertz CT molecular complexity index is 709. The Kier molecular flexibility index (Phi) is 4.91. The highest BCUT2D eigenvalue weighted by Crippen LogP contribution is 2.21. The summed E-state index contributed by atoms with van der Waals surface area (Å²) in [4.78, 5) is 16.8. The van der Waals surface area contributed by atoms with Gasteiger partial charge in [-0.15, -0.1) is 0 Å². The standard InChI is InChI=1S/C21H28N2O/c1-21(2,3)15-20(24)23-12-10-22(11-13-23)16-17-8-9-18-6-4-5-7-19(18)14-17/h4-9,14H,10-13,15-16H2,1-3H3. The molecule has 24 heavy (non-hydrogen) atoms. The SMILES string of the molecule is CC(C)(C)CC(=O)N1CCN(Cc2ccc3ccccc3c2)CC1. The Morgan fingerprint density at radius 2 is 1.62 bits per heavy atom. The van der Waals surface area contributed by atoms with Crippen molar-refractivity contribution in [2.24, 2.45) is 5.41 Å². The number of carbonyl (C=O) groups excluding carboxylic acids is 1. The quantitative estimate of drug-likeness (QED) is 0.854. The zero-order valence-corrected chi connectivity index (χ0v) is 15.1. The van der Waals surface area contributed by atoms with Crippen LogP contribution >= 0.6 is 0 Å². The van der Waals surface area contributed by atoms with Crippen LogP contribution in [0.1, 0.15) is 32.8 Å². The molecule has 0 bridgehead atoms. The molecule has 0 N–H and O–H groups in total. The molecule has 0 spiro atoms. The molecule has 2 aromatic carbocycles. The van der Waals surface area contributed by atoms with Crippen molar-refractivity contribution in [3.63, 3.8) is 0 Å². The maximum atomic E-state index is 12.3. The van der Waals surface area contributed by atoms with Crippen LogP contribution in [0.15, 0.2) is 42.5 Å². The molecule has 0 saturated carbocycles. The second-order valence-corrected chi connectivity index (χ2v) is 8.08. The number of piperazine rings is 1. The third kappa shape index (κ3) is 4.35. The zero-order chi connectivity index (χ0) is 17.2. The van der Waals surface area contributed by atoms with Crippen molar-refractivity contribution in [3.8, 4) is 0 Å². The van der Waals surface area contributed by atoms with E-state index >= 15 is 0 Å². The fourth-order valence-corrected chi connectivity index (χ4v) is 3.32. The van der Waals surface area contributed by atoms with E-state index in [1.165, 1.54) is 16.3 Å². The molecule has 1 fully saturated rings. The summed E-state index contributed by atoms with van der Waals surface area (Å²) in [6.45, 7) is 11.0. The van der Waals surface area contributed by atoms with Gasteiger partial charge in [0.05, 0.1) is 0 Å². The van der Waals surface area contributed by atoms with Gasteiger partial charge in [-0.25, -0.2) is 0 Å². The lowest BCUT2D eigenvalue weighted by molar-refractivity contribution is -0.134. The first kappa shape index (κ1) is 17.0. The van der Waals surface area contributed by atoms with E-state index in [4.69, 9.17) is 0 Å². The van der Waals surface area contributed by atoms with Gasteiger partial charge in [0.15, 0.2) is 0 Å². The minimum atomic E-state index is 0.0688. The molecule has 1 saturated heterocycles. The molecule has 1 aliphatic heterocycles. The van der Waals surface area contributed by atoms with E-state index in [2.05, 4.69) is 68.1 Å². The van der Waals surface area contributed by atoms with E-state index in [1.807, 2.05) is 4.90 Å². The van der Waals surface area contributed by atoms with Crippen molar-refractivity contribution in [2.75, 3.05) is 26.2 Å². The Balaban J connectivity index is 1.55. The first-order valence-corrected chi connectivity index (χ1v) is 8.88. The molecule has 0 aromatic heterocycles. The molecule has 2 aromatic rings. The van der Waals surface area contributed by atoms with Crippen molar-refractivity contribution in [1.29, 1.82) is 0 Å². The Hall–Kier alpha value is -1.87. The molecule has 1 heterocycles. The second-order valence-electron chi connectivity index (χ2n) is 8.08. The van der Waals surface area contributed by atoms with Gasteiger partial charge in [-0.2, -0.15) is 0 Å². The maximum absolute atomic E-state index is 12.3. The average molecular weight is 324 g/mol. The monoisotopic (exact) mass is 324 g/mol. The number of nitrogens with zero attached hydrogens (tertiary/aromatic N) is 2. The predicted molar refractivity (Wildman–Crippen MR) is 99.9 cm³/mol. The van der Waals surface area contributed by atoms with Gasteiger partial charge in [-0.1, -0.05) is 57.2 Å². The van der Waals surface area contributed by atoms with E-state index < -0.39 is 0 Å². The lowest BCUT2D eigenvalue weighted by Crippen LogP contribution is -2.48. The predicted octanol–water partition coefficient (Wildman–Crippen LogP) is 3.92. The number of carbonyl (C=O) groups is 1. The van der Waals surface area contributed by atoms with Crippen molar-refractivity contribution in [1.82, 2.24) is 9.80 Å². The minimum absolute atomic E-state index is 0.0688. The highest BCUT2D eigenvalue weighted by Gasteiger charge is 2.24. The van der Waals surface area contributed by atoms with Crippen LogP contribution in [0, 0.1) is 5.41 Å². The molecular weight excluding hydrogens is 296 g/mol. The summed E-state index contributed by atoms with van der Waals surface area (Å²) < 4.78 is 0. The van der Waals surface area contributed by atoms with Gasteiger partial charge in [-0.05, 0) is 27.8 Å².